The summed E-state index contributed by atoms with van der Waals surface area (Å²) in [7, 11) is -7.11. The second kappa shape index (κ2) is 9.29. The molecule has 6 nitrogen and oxygen atoms in total. The van der Waals surface area contributed by atoms with Crippen molar-refractivity contribution in [1.82, 2.24) is 5.32 Å². The van der Waals surface area contributed by atoms with E-state index in [0.29, 0.717) is 11.1 Å². The minimum Gasteiger partial charge on any atom is -0.346 e. The Bertz CT molecular complexity index is 1430. The Morgan fingerprint density at radius 1 is 0.848 bits per heavy atom. The van der Waals surface area contributed by atoms with E-state index in [0.717, 1.165) is 23.6 Å². The van der Waals surface area contributed by atoms with Crippen molar-refractivity contribution < 1.29 is 21.6 Å². The van der Waals surface area contributed by atoms with E-state index >= 15 is 0 Å². The van der Waals surface area contributed by atoms with Gasteiger partial charge < -0.3 is 5.32 Å². The summed E-state index contributed by atoms with van der Waals surface area (Å²) in [6.45, 7) is 3.65. The molecule has 0 radical (unpaired) electrons. The Balaban J connectivity index is 1.98. The van der Waals surface area contributed by atoms with Gasteiger partial charge in [-0.15, -0.1) is 0 Å². The molecule has 0 spiro atoms. The van der Waals surface area contributed by atoms with Crippen molar-refractivity contribution in [2.45, 2.75) is 29.7 Å². The van der Waals surface area contributed by atoms with Crippen LogP contribution < -0.4 is 5.32 Å². The van der Waals surface area contributed by atoms with Crippen LogP contribution in [0.1, 0.15) is 34.5 Å². The van der Waals surface area contributed by atoms with Crippen LogP contribution in [0.2, 0.25) is 5.02 Å². The highest BCUT2D eigenvalue weighted by atomic mass is 35.5. The van der Waals surface area contributed by atoms with Crippen LogP contribution in [0.15, 0.2) is 70.5 Å². The number of hydrogen-bond acceptors (Lipinski definition) is 5. The number of carbonyl (C=O) groups excluding carboxylic acids is 1. The normalized spacial score (nSPS) is 12.9. The summed E-state index contributed by atoms with van der Waals surface area (Å²) >= 11 is 6.01. The molecular weight excluding hydrogens is 482 g/mol. The molecule has 174 valence electrons. The highest BCUT2D eigenvalue weighted by Gasteiger charge is 2.19. The maximum absolute atomic E-state index is 13.0. The van der Waals surface area contributed by atoms with Crippen LogP contribution in [-0.2, 0) is 19.7 Å². The van der Waals surface area contributed by atoms with Gasteiger partial charge in [0.1, 0.15) is 0 Å². The first-order valence-electron chi connectivity index (χ1n) is 9.98. The zero-order valence-corrected chi connectivity index (χ0v) is 21.0. The molecule has 0 aliphatic carbocycles. The number of nitrogens with one attached hydrogen (secondary N) is 1. The number of aryl methyl sites for hydroxylation is 1. The van der Waals surface area contributed by atoms with Gasteiger partial charge in [-0.05, 0) is 60.9 Å². The first-order chi connectivity index (χ1) is 15.3. The minimum atomic E-state index is -3.57. The summed E-state index contributed by atoms with van der Waals surface area (Å²) in [5.41, 5.74) is 3.16. The Morgan fingerprint density at radius 2 is 1.48 bits per heavy atom. The summed E-state index contributed by atoms with van der Waals surface area (Å²) in [6, 6.07) is 16.0. The van der Waals surface area contributed by atoms with Crippen molar-refractivity contribution in [3.05, 3.63) is 82.4 Å². The van der Waals surface area contributed by atoms with Gasteiger partial charge in [0.15, 0.2) is 19.7 Å². The SMILES string of the molecule is Cc1ccc(-c2cc(C(=O)NC(C)c3ccc(Cl)c(S(C)(=O)=O)c3)cc(S(C)(=O)=O)c2)cc1. The summed E-state index contributed by atoms with van der Waals surface area (Å²) in [4.78, 5) is 13.1. The second-order valence-corrected chi connectivity index (χ2v) is 12.4. The Labute approximate surface area is 199 Å². The van der Waals surface area contributed by atoms with Crippen molar-refractivity contribution >= 4 is 37.2 Å². The van der Waals surface area contributed by atoms with Crippen LogP contribution in [0.4, 0.5) is 0 Å². The molecule has 0 fully saturated rings. The Kier molecular flexibility index (Phi) is 7.02. The molecular formula is C24H24ClNO5S2. The third-order valence-corrected chi connectivity index (χ3v) is 7.85. The van der Waals surface area contributed by atoms with E-state index in [4.69, 9.17) is 11.6 Å². The first kappa shape index (κ1) is 25.0. The average Bonchev–Trinajstić information content (AvgIpc) is 2.72. The molecule has 0 heterocycles. The molecule has 3 rings (SSSR count). The number of hydrogen-bond donors (Lipinski definition) is 1. The lowest BCUT2D eigenvalue weighted by molar-refractivity contribution is 0.0939. The van der Waals surface area contributed by atoms with Crippen molar-refractivity contribution in [2.24, 2.45) is 0 Å². The maximum atomic E-state index is 13.0. The monoisotopic (exact) mass is 505 g/mol. The van der Waals surface area contributed by atoms with E-state index in [2.05, 4.69) is 5.32 Å². The van der Waals surface area contributed by atoms with E-state index in [1.807, 2.05) is 31.2 Å². The van der Waals surface area contributed by atoms with Gasteiger partial charge in [0.05, 0.1) is 20.9 Å². The van der Waals surface area contributed by atoms with E-state index in [9.17, 15) is 21.6 Å². The van der Waals surface area contributed by atoms with Crippen LogP contribution in [0, 0.1) is 6.92 Å². The fraction of sp³-hybridized carbons (Fsp3) is 0.208. The Morgan fingerprint density at radius 3 is 2.06 bits per heavy atom. The van der Waals surface area contributed by atoms with E-state index in [1.54, 1.807) is 19.1 Å². The number of benzene rings is 3. The van der Waals surface area contributed by atoms with Gasteiger partial charge in [-0.1, -0.05) is 47.5 Å². The van der Waals surface area contributed by atoms with Gasteiger partial charge in [-0.25, -0.2) is 16.8 Å². The second-order valence-electron chi connectivity index (χ2n) is 8.04. The molecule has 0 aromatic heterocycles. The smallest absolute Gasteiger partial charge is 0.251 e. The third-order valence-electron chi connectivity index (χ3n) is 5.18. The van der Waals surface area contributed by atoms with Crippen molar-refractivity contribution in [1.29, 1.82) is 0 Å². The van der Waals surface area contributed by atoms with Crippen LogP contribution in [-0.4, -0.2) is 35.3 Å². The first-order valence-corrected chi connectivity index (χ1v) is 14.1. The van der Waals surface area contributed by atoms with E-state index < -0.39 is 31.6 Å². The van der Waals surface area contributed by atoms with Gasteiger partial charge in [-0.3, -0.25) is 4.79 Å². The molecule has 0 aliphatic rings. The predicted molar refractivity (Wildman–Crippen MR) is 130 cm³/mol. The number of carbonyl (C=O) groups is 1. The van der Waals surface area contributed by atoms with E-state index in [1.165, 1.54) is 24.3 Å². The summed E-state index contributed by atoms with van der Waals surface area (Å²) in [5, 5.41) is 2.91. The fourth-order valence-electron chi connectivity index (χ4n) is 3.29. The molecule has 9 heteroatoms. The van der Waals surface area contributed by atoms with Crippen LogP contribution in [0.3, 0.4) is 0 Å². The van der Waals surface area contributed by atoms with Gasteiger partial charge in [-0.2, -0.15) is 0 Å². The Hall–Kier alpha value is -2.68. The molecule has 3 aromatic carbocycles. The highest BCUT2D eigenvalue weighted by molar-refractivity contribution is 7.91. The molecule has 3 aromatic rings. The lowest BCUT2D eigenvalue weighted by Crippen LogP contribution is -2.27. The third kappa shape index (κ3) is 6.01. The zero-order valence-electron chi connectivity index (χ0n) is 18.6. The molecule has 1 atom stereocenters. The molecule has 1 amide bonds. The number of sulfone groups is 2. The molecule has 33 heavy (non-hydrogen) atoms. The maximum Gasteiger partial charge on any atom is 0.251 e. The lowest BCUT2D eigenvalue weighted by Gasteiger charge is -2.17. The van der Waals surface area contributed by atoms with Crippen LogP contribution in [0.5, 0.6) is 0 Å². The van der Waals surface area contributed by atoms with Crippen molar-refractivity contribution in [3.8, 4) is 11.1 Å². The molecule has 0 saturated heterocycles. The molecule has 1 unspecified atom stereocenters. The van der Waals surface area contributed by atoms with Gasteiger partial charge in [0, 0.05) is 18.1 Å². The average molecular weight is 506 g/mol. The highest BCUT2D eigenvalue weighted by Crippen LogP contribution is 2.27. The molecule has 0 bridgehead atoms. The van der Waals surface area contributed by atoms with Crippen molar-refractivity contribution in [3.63, 3.8) is 0 Å². The van der Waals surface area contributed by atoms with E-state index in [-0.39, 0.29) is 20.4 Å². The van der Waals surface area contributed by atoms with Gasteiger partial charge >= 0.3 is 0 Å². The van der Waals surface area contributed by atoms with Gasteiger partial charge in [0.25, 0.3) is 5.91 Å². The number of halogens is 1. The van der Waals surface area contributed by atoms with Gasteiger partial charge in [0.2, 0.25) is 0 Å². The van der Waals surface area contributed by atoms with Crippen LogP contribution in [0.25, 0.3) is 11.1 Å². The van der Waals surface area contributed by atoms with Crippen LogP contribution >= 0.6 is 11.6 Å². The summed E-state index contributed by atoms with van der Waals surface area (Å²) < 4.78 is 48.4. The number of amides is 1. The topological polar surface area (TPSA) is 97.4 Å². The molecule has 0 aliphatic heterocycles. The number of rotatable bonds is 6. The van der Waals surface area contributed by atoms with Crippen molar-refractivity contribution in [2.75, 3.05) is 12.5 Å². The molecule has 1 N–H and O–H groups in total. The predicted octanol–water partition coefficient (Wildman–Crippen LogP) is 4.61. The summed E-state index contributed by atoms with van der Waals surface area (Å²) in [5.74, 6) is -0.489. The zero-order chi connectivity index (χ0) is 24.6. The quantitative estimate of drug-likeness (QED) is 0.527. The fourth-order valence-corrected chi connectivity index (χ4v) is 5.29. The standard InChI is InChI=1S/C24H24ClNO5S2/c1-15-5-7-17(8-6-15)19-11-20(13-21(12-19)32(3,28)29)24(27)26-16(2)18-9-10-22(25)23(14-18)33(4,30)31/h5-14,16H,1-4H3,(H,26,27). The molecule has 0 saturated carbocycles. The lowest BCUT2D eigenvalue weighted by atomic mass is 10.0. The minimum absolute atomic E-state index is 0.0245. The summed E-state index contributed by atoms with van der Waals surface area (Å²) in [6.07, 6.45) is 2.15. The largest absolute Gasteiger partial charge is 0.346 e.